The number of rotatable bonds is 10. The number of aromatic hydroxyl groups is 1. The molecule has 3 N–H and O–H groups in total. The molecule has 0 aliphatic rings. The highest BCUT2D eigenvalue weighted by Gasteiger charge is 2.15. The lowest BCUT2D eigenvalue weighted by atomic mass is 10.00. The Morgan fingerprint density at radius 2 is 1.67 bits per heavy atom. The standard InChI is InChI=1S/C26H28N2O4S/c1-31-24-15-20(12-13-23(24)29)16-27-26(33)28-17-21(14-19-8-4-2-5-9-19)18-32-25(30)22-10-6-3-7-11-22/h2-13,15,21,29H,14,16-18H2,1H3,(H2,27,28,33). The van der Waals surface area contributed by atoms with E-state index in [0.717, 1.165) is 17.5 Å². The maximum Gasteiger partial charge on any atom is 0.338 e. The molecule has 172 valence electrons. The third-order valence-electron chi connectivity index (χ3n) is 5.08. The summed E-state index contributed by atoms with van der Waals surface area (Å²) in [6, 6.07) is 24.2. The van der Waals surface area contributed by atoms with Crippen molar-refractivity contribution in [3.63, 3.8) is 0 Å². The Balaban J connectivity index is 1.53. The summed E-state index contributed by atoms with van der Waals surface area (Å²) in [5.41, 5.74) is 2.62. The van der Waals surface area contributed by atoms with Crippen molar-refractivity contribution in [1.29, 1.82) is 0 Å². The molecule has 3 aromatic carbocycles. The summed E-state index contributed by atoms with van der Waals surface area (Å²) in [6.07, 6.45) is 0.744. The van der Waals surface area contributed by atoms with E-state index >= 15 is 0 Å². The van der Waals surface area contributed by atoms with E-state index in [9.17, 15) is 9.90 Å². The number of hydrogen-bond acceptors (Lipinski definition) is 5. The second-order valence-electron chi connectivity index (χ2n) is 7.59. The Morgan fingerprint density at radius 3 is 2.36 bits per heavy atom. The first-order valence-electron chi connectivity index (χ1n) is 10.7. The van der Waals surface area contributed by atoms with E-state index in [0.29, 0.717) is 29.5 Å². The van der Waals surface area contributed by atoms with Crippen LogP contribution in [0.2, 0.25) is 0 Å². The van der Waals surface area contributed by atoms with Crippen LogP contribution >= 0.6 is 12.2 Å². The highest BCUT2D eigenvalue weighted by atomic mass is 32.1. The van der Waals surface area contributed by atoms with Gasteiger partial charge in [-0.05, 0) is 54.0 Å². The number of phenols is 1. The fourth-order valence-corrected chi connectivity index (χ4v) is 3.46. The molecule has 0 radical (unpaired) electrons. The van der Waals surface area contributed by atoms with E-state index in [1.54, 1.807) is 30.3 Å². The van der Waals surface area contributed by atoms with Gasteiger partial charge in [0.15, 0.2) is 16.6 Å². The third kappa shape index (κ3) is 7.80. The minimum absolute atomic E-state index is 0.0357. The van der Waals surface area contributed by atoms with Gasteiger partial charge in [0.1, 0.15) is 0 Å². The molecule has 0 heterocycles. The smallest absolute Gasteiger partial charge is 0.338 e. The molecule has 6 nitrogen and oxygen atoms in total. The number of hydrogen-bond donors (Lipinski definition) is 3. The Bertz CT molecular complexity index is 1040. The second-order valence-corrected chi connectivity index (χ2v) is 8.00. The summed E-state index contributed by atoms with van der Waals surface area (Å²) in [7, 11) is 1.51. The number of phenolic OH excluding ortho intramolecular Hbond substituents is 1. The van der Waals surface area contributed by atoms with Gasteiger partial charge < -0.3 is 25.2 Å². The van der Waals surface area contributed by atoms with Gasteiger partial charge in [0.25, 0.3) is 0 Å². The number of methoxy groups -OCH3 is 1. The van der Waals surface area contributed by atoms with Gasteiger partial charge in [-0.2, -0.15) is 0 Å². The van der Waals surface area contributed by atoms with Gasteiger partial charge in [-0.1, -0.05) is 54.6 Å². The molecule has 0 aliphatic carbocycles. The Hall–Kier alpha value is -3.58. The normalized spacial score (nSPS) is 11.3. The van der Waals surface area contributed by atoms with E-state index in [1.165, 1.54) is 7.11 Å². The summed E-state index contributed by atoms with van der Waals surface area (Å²) in [6.45, 7) is 1.30. The molecule has 0 bridgehead atoms. The minimum atomic E-state index is -0.337. The average molecular weight is 465 g/mol. The first kappa shape index (κ1) is 24.1. The molecule has 1 unspecified atom stereocenters. The van der Waals surface area contributed by atoms with Crippen LogP contribution in [0.15, 0.2) is 78.9 Å². The molecule has 33 heavy (non-hydrogen) atoms. The lowest BCUT2D eigenvalue weighted by Crippen LogP contribution is -2.39. The van der Waals surface area contributed by atoms with Crippen molar-refractivity contribution in [2.24, 2.45) is 5.92 Å². The molecule has 0 fully saturated rings. The van der Waals surface area contributed by atoms with Gasteiger partial charge in [0.2, 0.25) is 0 Å². The van der Waals surface area contributed by atoms with Gasteiger partial charge in [-0.25, -0.2) is 4.79 Å². The molecular weight excluding hydrogens is 436 g/mol. The van der Waals surface area contributed by atoms with Crippen molar-refractivity contribution in [2.45, 2.75) is 13.0 Å². The van der Waals surface area contributed by atoms with E-state index in [4.69, 9.17) is 21.7 Å². The molecular formula is C26H28N2O4S. The molecule has 0 aromatic heterocycles. The van der Waals surface area contributed by atoms with E-state index in [-0.39, 0.29) is 24.2 Å². The molecule has 0 spiro atoms. The molecule has 3 rings (SSSR count). The molecule has 0 saturated carbocycles. The number of benzene rings is 3. The Labute approximate surface area is 199 Å². The SMILES string of the molecule is COc1cc(CNC(=S)NCC(COC(=O)c2ccccc2)Cc2ccccc2)ccc1O. The zero-order valence-corrected chi connectivity index (χ0v) is 19.3. The molecule has 3 aromatic rings. The monoisotopic (exact) mass is 464 g/mol. The zero-order valence-electron chi connectivity index (χ0n) is 18.5. The van der Waals surface area contributed by atoms with Crippen molar-refractivity contribution in [3.05, 3.63) is 95.6 Å². The van der Waals surface area contributed by atoms with Gasteiger partial charge in [0.05, 0.1) is 19.3 Å². The van der Waals surface area contributed by atoms with Crippen molar-refractivity contribution >= 4 is 23.3 Å². The van der Waals surface area contributed by atoms with E-state index in [2.05, 4.69) is 22.8 Å². The largest absolute Gasteiger partial charge is 0.504 e. The van der Waals surface area contributed by atoms with Crippen molar-refractivity contribution in [3.8, 4) is 11.5 Å². The van der Waals surface area contributed by atoms with Crippen LogP contribution in [0.5, 0.6) is 11.5 Å². The summed E-state index contributed by atoms with van der Waals surface area (Å²) >= 11 is 5.42. The van der Waals surface area contributed by atoms with Crippen LogP contribution in [-0.2, 0) is 17.7 Å². The van der Waals surface area contributed by atoms with Crippen LogP contribution in [0.3, 0.4) is 0 Å². The maximum atomic E-state index is 12.4. The molecule has 0 saturated heterocycles. The lowest BCUT2D eigenvalue weighted by molar-refractivity contribution is 0.0441. The quantitative estimate of drug-likeness (QED) is 0.308. The highest BCUT2D eigenvalue weighted by molar-refractivity contribution is 7.80. The highest BCUT2D eigenvalue weighted by Crippen LogP contribution is 2.26. The zero-order chi connectivity index (χ0) is 23.5. The molecule has 0 amide bonds. The predicted octanol–water partition coefficient (Wildman–Crippen LogP) is 4.08. The van der Waals surface area contributed by atoms with Crippen LogP contribution < -0.4 is 15.4 Å². The van der Waals surface area contributed by atoms with Crippen LogP contribution in [0.4, 0.5) is 0 Å². The summed E-state index contributed by atoms with van der Waals surface area (Å²) in [4.78, 5) is 12.4. The van der Waals surface area contributed by atoms with Gasteiger partial charge in [0, 0.05) is 19.0 Å². The van der Waals surface area contributed by atoms with Gasteiger partial charge >= 0.3 is 5.97 Å². The number of thiocarbonyl (C=S) groups is 1. The minimum Gasteiger partial charge on any atom is -0.504 e. The molecule has 7 heteroatoms. The van der Waals surface area contributed by atoms with Gasteiger partial charge in [-0.15, -0.1) is 0 Å². The lowest BCUT2D eigenvalue weighted by Gasteiger charge is -2.19. The summed E-state index contributed by atoms with van der Waals surface area (Å²) in [5.74, 6) is 0.205. The Kier molecular flexibility index (Phi) is 9.08. The molecule has 1 atom stereocenters. The summed E-state index contributed by atoms with van der Waals surface area (Å²) < 4.78 is 10.7. The third-order valence-corrected chi connectivity index (χ3v) is 5.36. The Morgan fingerprint density at radius 1 is 0.970 bits per heavy atom. The van der Waals surface area contributed by atoms with Crippen molar-refractivity contribution in [2.75, 3.05) is 20.3 Å². The van der Waals surface area contributed by atoms with Crippen LogP contribution in [0, 0.1) is 5.92 Å². The maximum absolute atomic E-state index is 12.4. The fraction of sp³-hybridized carbons (Fsp3) is 0.231. The number of ether oxygens (including phenoxy) is 2. The number of nitrogens with one attached hydrogen (secondary N) is 2. The second kappa shape index (κ2) is 12.5. The van der Waals surface area contributed by atoms with Crippen molar-refractivity contribution in [1.82, 2.24) is 10.6 Å². The van der Waals surface area contributed by atoms with Gasteiger partial charge in [-0.3, -0.25) is 0 Å². The first-order chi connectivity index (χ1) is 16.0. The van der Waals surface area contributed by atoms with E-state index < -0.39 is 0 Å². The average Bonchev–Trinajstić information content (AvgIpc) is 2.86. The van der Waals surface area contributed by atoms with Crippen LogP contribution in [-0.4, -0.2) is 36.4 Å². The topological polar surface area (TPSA) is 79.8 Å². The predicted molar refractivity (Wildman–Crippen MR) is 132 cm³/mol. The number of carbonyl (C=O) groups is 1. The number of esters is 1. The number of carbonyl (C=O) groups excluding carboxylic acids is 1. The van der Waals surface area contributed by atoms with Crippen LogP contribution in [0.25, 0.3) is 0 Å². The van der Waals surface area contributed by atoms with Crippen molar-refractivity contribution < 1.29 is 19.4 Å². The van der Waals surface area contributed by atoms with Crippen LogP contribution in [0.1, 0.15) is 21.5 Å². The first-order valence-corrected chi connectivity index (χ1v) is 11.1. The fourth-order valence-electron chi connectivity index (χ4n) is 3.30. The summed E-state index contributed by atoms with van der Waals surface area (Å²) in [5, 5.41) is 16.6. The van der Waals surface area contributed by atoms with E-state index in [1.807, 2.05) is 36.4 Å². The molecule has 0 aliphatic heterocycles.